The van der Waals surface area contributed by atoms with Crippen LogP contribution in [0.3, 0.4) is 0 Å². The number of alkyl carbamates (subject to hydrolysis) is 1. The maximum atomic E-state index is 13.8. The summed E-state index contributed by atoms with van der Waals surface area (Å²) >= 11 is 0. The van der Waals surface area contributed by atoms with E-state index < -0.39 is 17.7 Å². The first-order valence-corrected chi connectivity index (χ1v) is 18.4. The molecule has 3 heterocycles. The first kappa shape index (κ1) is 37.2. The average Bonchev–Trinajstić information content (AvgIpc) is 3.70. The predicted octanol–water partition coefficient (Wildman–Crippen LogP) is 4.60. The van der Waals surface area contributed by atoms with Crippen molar-refractivity contribution in [3.8, 4) is 22.5 Å². The van der Waals surface area contributed by atoms with Gasteiger partial charge in [-0.1, -0.05) is 24.3 Å². The molecule has 5 N–H and O–H groups in total. The topological polar surface area (TPSA) is 200 Å². The molecule has 15 nitrogen and oxygen atoms in total. The van der Waals surface area contributed by atoms with Crippen LogP contribution in [-0.4, -0.2) is 79.8 Å². The summed E-state index contributed by atoms with van der Waals surface area (Å²) in [6.07, 6.45) is 7.57. The molecule has 15 heteroatoms. The summed E-state index contributed by atoms with van der Waals surface area (Å²) in [7, 11) is 0. The number of aromatic nitrogens is 6. The average molecular weight is 725 g/mol. The number of H-pyrrole nitrogens is 2. The summed E-state index contributed by atoms with van der Waals surface area (Å²) in [6.45, 7) is 7.71. The third kappa shape index (κ3) is 10.3. The standard InChI is InChI=1S/C38H48N10O5/c1-38(2,3)53-37(52)40-22-25-9-13-28(14-10-25)33(49)42-31(35(51)41-29-17-15-27(16-18-29)32-44-46-47-45-32)21-24-7-11-26(12-8-24)30-23-39-36(43-34(30)50)48-19-5-4-6-20-48/h7-8,11-12,15-18,23,25,28,31H,4-6,9-10,13-14,19-22H2,1-3H3,(H,40,52)(H,41,51)(H,42,49)(H,39,43,50)(H,44,45,46,47)/t25?,28?,31-/m0/s1. The Labute approximate surface area is 308 Å². The summed E-state index contributed by atoms with van der Waals surface area (Å²) in [6, 6.07) is 13.6. The summed E-state index contributed by atoms with van der Waals surface area (Å²) in [4.78, 5) is 62.1. The number of ether oxygens (including phenoxy) is 1. The number of carbonyl (C=O) groups excluding carboxylic acids is 3. The van der Waals surface area contributed by atoms with Gasteiger partial charge in [0.2, 0.25) is 23.6 Å². The van der Waals surface area contributed by atoms with E-state index in [0.717, 1.165) is 49.9 Å². The van der Waals surface area contributed by atoms with Crippen molar-refractivity contribution < 1.29 is 19.1 Å². The number of piperidine rings is 1. The highest BCUT2D eigenvalue weighted by atomic mass is 16.6. The number of hydrogen-bond acceptors (Lipinski definition) is 10. The zero-order chi connectivity index (χ0) is 37.4. The minimum absolute atomic E-state index is 0.181. The SMILES string of the molecule is CC(C)(C)OC(=O)NCC1CCC(C(=O)N[C@@H](Cc2ccc(-c3cnc(N4CCCCC4)[nH]c3=O)cc2)C(=O)Nc2ccc(-c3nn[nH]n3)cc2)CC1. The van der Waals surface area contributed by atoms with Gasteiger partial charge in [-0.25, -0.2) is 9.78 Å². The van der Waals surface area contributed by atoms with Gasteiger partial charge in [-0.2, -0.15) is 5.21 Å². The fraction of sp³-hybridized carbons (Fsp3) is 0.474. The summed E-state index contributed by atoms with van der Waals surface area (Å²) in [5, 5.41) is 22.8. The number of aromatic amines is 2. The number of anilines is 2. The Hall–Kier alpha value is -5.60. The van der Waals surface area contributed by atoms with Gasteiger partial charge >= 0.3 is 6.09 Å². The Kier molecular flexibility index (Phi) is 11.8. The summed E-state index contributed by atoms with van der Waals surface area (Å²) in [5.41, 5.74) is 2.48. The highest BCUT2D eigenvalue weighted by Crippen LogP contribution is 2.29. The maximum absolute atomic E-state index is 13.8. The minimum Gasteiger partial charge on any atom is -0.444 e. The van der Waals surface area contributed by atoms with Gasteiger partial charge in [0, 0.05) is 49.4 Å². The van der Waals surface area contributed by atoms with E-state index in [1.54, 1.807) is 30.5 Å². The van der Waals surface area contributed by atoms with E-state index in [-0.39, 0.29) is 35.6 Å². The van der Waals surface area contributed by atoms with Gasteiger partial charge in [-0.05, 0) is 112 Å². The van der Waals surface area contributed by atoms with Crippen molar-refractivity contribution in [2.75, 3.05) is 29.9 Å². The molecule has 0 bridgehead atoms. The predicted molar refractivity (Wildman–Crippen MR) is 200 cm³/mol. The van der Waals surface area contributed by atoms with Gasteiger partial charge in [0.25, 0.3) is 5.56 Å². The van der Waals surface area contributed by atoms with Crippen LogP contribution in [0.25, 0.3) is 22.5 Å². The van der Waals surface area contributed by atoms with Crippen LogP contribution in [0.2, 0.25) is 0 Å². The smallest absolute Gasteiger partial charge is 0.407 e. The number of nitrogens with zero attached hydrogens (tertiary/aromatic N) is 5. The Morgan fingerprint density at radius 2 is 1.64 bits per heavy atom. The van der Waals surface area contributed by atoms with Crippen molar-refractivity contribution >= 4 is 29.5 Å². The molecule has 2 aromatic carbocycles. The van der Waals surface area contributed by atoms with Crippen LogP contribution in [0.15, 0.2) is 59.5 Å². The lowest BCUT2D eigenvalue weighted by molar-refractivity contribution is -0.130. The van der Waals surface area contributed by atoms with Crippen LogP contribution in [0, 0.1) is 11.8 Å². The van der Waals surface area contributed by atoms with Gasteiger partial charge < -0.3 is 25.6 Å². The number of hydrogen-bond donors (Lipinski definition) is 5. The first-order chi connectivity index (χ1) is 25.5. The van der Waals surface area contributed by atoms with Crippen LogP contribution < -0.4 is 26.4 Å². The highest BCUT2D eigenvalue weighted by molar-refractivity contribution is 5.97. The number of carbonyl (C=O) groups is 3. The molecular weight excluding hydrogens is 676 g/mol. The van der Waals surface area contributed by atoms with Crippen LogP contribution >= 0.6 is 0 Å². The van der Waals surface area contributed by atoms with Crippen molar-refractivity contribution in [2.45, 2.75) is 83.8 Å². The normalized spacial score (nSPS) is 18.1. The number of nitrogens with one attached hydrogen (secondary N) is 5. The molecule has 2 aliphatic rings. The van der Waals surface area contributed by atoms with Crippen molar-refractivity contribution in [3.63, 3.8) is 0 Å². The van der Waals surface area contributed by atoms with Crippen LogP contribution in [0.1, 0.15) is 71.3 Å². The second-order valence-electron chi connectivity index (χ2n) is 14.9. The zero-order valence-electron chi connectivity index (χ0n) is 30.5. The molecule has 3 amide bonds. The second kappa shape index (κ2) is 16.8. The van der Waals surface area contributed by atoms with Crippen molar-refractivity contribution in [1.29, 1.82) is 0 Å². The molecular formula is C38H48N10O5. The summed E-state index contributed by atoms with van der Waals surface area (Å²) in [5.74, 6) is 0.463. The zero-order valence-corrected chi connectivity index (χ0v) is 30.5. The summed E-state index contributed by atoms with van der Waals surface area (Å²) < 4.78 is 5.35. The van der Waals surface area contributed by atoms with E-state index in [9.17, 15) is 19.2 Å². The Bertz CT molecular complexity index is 1890. The molecule has 4 aromatic rings. The molecule has 1 saturated heterocycles. The number of amides is 3. The molecule has 2 aromatic heterocycles. The van der Waals surface area contributed by atoms with Crippen molar-refractivity contribution in [2.24, 2.45) is 11.8 Å². The molecule has 1 aliphatic carbocycles. The molecule has 1 saturated carbocycles. The molecule has 6 rings (SSSR count). The third-order valence-corrected chi connectivity index (χ3v) is 9.69. The maximum Gasteiger partial charge on any atom is 0.407 e. The number of rotatable bonds is 11. The molecule has 0 radical (unpaired) electrons. The lowest BCUT2D eigenvalue weighted by Gasteiger charge is -2.29. The van der Waals surface area contributed by atoms with E-state index in [1.165, 1.54) is 6.42 Å². The van der Waals surface area contributed by atoms with Crippen LogP contribution in [0.5, 0.6) is 0 Å². The quantitative estimate of drug-likeness (QED) is 0.146. The number of tetrazole rings is 1. The van der Waals surface area contributed by atoms with Gasteiger partial charge in [-0.15, -0.1) is 10.2 Å². The van der Waals surface area contributed by atoms with Crippen LogP contribution in [0.4, 0.5) is 16.4 Å². The lowest BCUT2D eigenvalue weighted by Crippen LogP contribution is -2.48. The molecule has 1 aliphatic heterocycles. The van der Waals surface area contributed by atoms with Gasteiger partial charge in [0.1, 0.15) is 11.6 Å². The Morgan fingerprint density at radius 1 is 0.943 bits per heavy atom. The van der Waals surface area contributed by atoms with Gasteiger partial charge in [0.15, 0.2) is 0 Å². The minimum atomic E-state index is -0.870. The third-order valence-electron chi connectivity index (χ3n) is 9.69. The van der Waals surface area contributed by atoms with Gasteiger partial charge in [-0.3, -0.25) is 19.4 Å². The highest BCUT2D eigenvalue weighted by Gasteiger charge is 2.30. The number of benzene rings is 2. The Balaban J connectivity index is 1.11. The fourth-order valence-electron chi connectivity index (χ4n) is 6.80. The first-order valence-electron chi connectivity index (χ1n) is 18.4. The van der Waals surface area contributed by atoms with E-state index in [0.29, 0.717) is 48.0 Å². The van der Waals surface area contributed by atoms with Gasteiger partial charge in [0.05, 0.1) is 5.56 Å². The van der Waals surface area contributed by atoms with E-state index in [2.05, 4.69) is 51.4 Å². The lowest BCUT2D eigenvalue weighted by atomic mass is 9.81. The molecule has 1 atom stereocenters. The Morgan fingerprint density at radius 3 is 2.28 bits per heavy atom. The van der Waals surface area contributed by atoms with Crippen LogP contribution in [-0.2, 0) is 20.7 Å². The van der Waals surface area contributed by atoms with E-state index in [4.69, 9.17) is 4.74 Å². The molecule has 53 heavy (non-hydrogen) atoms. The monoisotopic (exact) mass is 724 g/mol. The van der Waals surface area contributed by atoms with Crippen molar-refractivity contribution in [1.82, 2.24) is 41.2 Å². The molecule has 280 valence electrons. The van der Waals surface area contributed by atoms with E-state index >= 15 is 0 Å². The van der Waals surface area contributed by atoms with E-state index in [1.807, 2.05) is 45.0 Å². The fourth-order valence-corrected chi connectivity index (χ4v) is 6.80. The molecule has 2 fully saturated rings. The largest absolute Gasteiger partial charge is 0.444 e. The second-order valence-corrected chi connectivity index (χ2v) is 14.9. The van der Waals surface area contributed by atoms with Crippen molar-refractivity contribution in [3.05, 3.63) is 70.6 Å². The molecule has 0 spiro atoms. The molecule has 0 unspecified atom stereocenters.